The second-order valence-corrected chi connectivity index (χ2v) is 3.33. The van der Waals surface area contributed by atoms with Crippen molar-refractivity contribution in [2.75, 3.05) is 0 Å². The second kappa shape index (κ2) is 4.09. The Morgan fingerprint density at radius 2 is 1.65 bits per heavy atom. The summed E-state index contributed by atoms with van der Waals surface area (Å²) < 4.78 is 1.51. The highest BCUT2D eigenvalue weighted by Gasteiger charge is 2.11. The van der Waals surface area contributed by atoms with Gasteiger partial charge in [-0.15, -0.1) is 5.10 Å². The predicted octanol–water partition coefficient (Wildman–Crippen LogP) is 1.12. The van der Waals surface area contributed by atoms with E-state index in [2.05, 4.69) is 25.5 Å². The van der Waals surface area contributed by atoms with E-state index >= 15 is 0 Å². The van der Waals surface area contributed by atoms with E-state index in [1.807, 2.05) is 30.3 Å². The molecule has 6 heteroatoms. The van der Waals surface area contributed by atoms with Crippen LogP contribution < -0.4 is 0 Å². The van der Waals surface area contributed by atoms with Crippen LogP contribution in [0.1, 0.15) is 0 Å². The van der Waals surface area contributed by atoms with Gasteiger partial charge in [-0.3, -0.25) is 0 Å². The summed E-state index contributed by atoms with van der Waals surface area (Å²) in [4.78, 5) is 8.23. The highest BCUT2D eigenvalue weighted by Crippen LogP contribution is 2.16. The number of nitrogens with zero attached hydrogens (tertiary/aromatic N) is 6. The lowest BCUT2D eigenvalue weighted by Crippen LogP contribution is -2.04. The molecule has 82 valence electrons. The van der Waals surface area contributed by atoms with Crippen LogP contribution in [0, 0.1) is 0 Å². The van der Waals surface area contributed by atoms with Gasteiger partial charge in [-0.2, -0.15) is 4.68 Å². The van der Waals surface area contributed by atoms with E-state index in [1.165, 1.54) is 4.68 Å². The average molecular weight is 224 g/mol. The van der Waals surface area contributed by atoms with E-state index in [0.29, 0.717) is 11.8 Å². The molecule has 0 aliphatic carbocycles. The maximum Gasteiger partial charge on any atom is 0.253 e. The predicted molar refractivity (Wildman–Crippen MR) is 60.2 cm³/mol. The van der Waals surface area contributed by atoms with E-state index in [9.17, 15) is 0 Å². The molecule has 0 bridgehead atoms. The zero-order valence-corrected chi connectivity index (χ0v) is 8.80. The van der Waals surface area contributed by atoms with E-state index in [4.69, 9.17) is 0 Å². The van der Waals surface area contributed by atoms with Crippen LogP contribution in [0.2, 0.25) is 0 Å². The number of tetrazole rings is 1. The molecule has 0 amide bonds. The second-order valence-electron chi connectivity index (χ2n) is 3.33. The Hall–Kier alpha value is -2.63. The van der Waals surface area contributed by atoms with Gasteiger partial charge in [0.15, 0.2) is 5.82 Å². The zero-order chi connectivity index (χ0) is 11.5. The van der Waals surface area contributed by atoms with E-state index in [-0.39, 0.29) is 0 Å². The Kier molecular flexibility index (Phi) is 2.31. The standard InChI is InChI=1S/C11H8N6/c1-2-5-9(6-3-1)10-14-15-16-17(10)11-12-7-4-8-13-11/h1-8H. The van der Waals surface area contributed by atoms with Crippen molar-refractivity contribution < 1.29 is 0 Å². The molecule has 0 aliphatic heterocycles. The SMILES string of the molecule is c1ccc(-c2nnnn2-c2ncccn2)cc1. The van der Waals surface area contributed by atoms with Gasteiger partial charge in [0.25, 0.3) is 5.95 Å². The van der Waals surface area contributed by atoms with Crippen LogP contribution in [-0.2, 0) is 0 Å². The van der Waals surface area contributed by atoms with Crippen LogP contribution in [0.3, 0.4) is 0 Å². The molecular weight excluding hydrogens is 216 g/mol. The minimum Gasteiger partial charge on any atom is -0.220 e. The van der Waals surface area contributed by atoms with Crippen LogP contribution >= 0.6 is 0 Å². The van der Waals surface area contributed by atoms with Crippen LogP contribution in [0.5, 0.6) is 0 Å². The monoisotopic (exact) mass is 224 g/mol. The molecule has 17 heavy (non-hydrogen) atoms. The van der Waals surface area contributed by atoms with Crippen LogP contribution in [0.25, 0.3) is 17.3 Å². The Balaban J connectivity index is 2.13. The average Bonchev–Trinajstić information content (AvgIpc) is 2.90. The molecule has 0 unspecified atom stereocenters. The molecule has 3 rings (SSSR count). The van der Waals surface area contributed by atoms with Gasteiger partial charge in [0.2, 0.25) is 0 Å². The summed E-state index contributed by atoms with van der Waals surface area (Å²) in [7, 11) is 0. The van der Waals surface area contributed by atoms with E-state index < -0.39 is 0 Å². The van der Waals surface area contributed by atoms with Gasteiger partial charge in [-0.05, 0) is 16.5 Å². The highest BCUT2D eigenvalue weighted by molar-refractivity contribution is 5.55. The first-order valence-electron chi connectivity index (χ1n) is 5.06. The first-order chi connectivity index (χ1) is 8.45. The van der Waals surface area contributed by atoms with Crippen molar-refractivity contribution in [1.82, 2.24) is 30.2 Å². The smallest absolute Gasteiger partial charge is 0.220 e. The highest BCUT2D eigenvalue weighted by atomic mass is 15.6. The number of aromatic nitrogens is 6. The summed E-state index contributed by atoms with van der Waals surface area (Å²) in [5.74, 6) is 1.08. The minimum absolute atomic E-state index is 0.455. The normalized spacial score (nSPS) is 10.4. The lowest BCUT2D eigenvalue weighted by atomic mass is 10.2. The molecule has 0 radical (unpaired) electrons. The van der Waals surface area contributed by atoms with Gasteiger partial charge >= 0.3 is 0 Å². The number of hydrogen-bond donors (Lipinski definition) is 0. The molecule has 0 aliphatic rings. The van der Waals surface area contributed by atoms with Crippen molar-refractivity contribution in [3.8, 4) is 17.3 Å². The lowest BCUT2D eigenvalue weighted by Gasteiger charge is -2.01. The Morgan fingerprint density at radius 1 is 0.882 bits per heavy atom. The first kappa shape index (κ1) is 9.59. The van der Waals surface area contributed by atoms with Crippen molar-refractivity contribution in [2.24, 2.45) is 0 Å². The fraction of sp³-hybridized carbons (Fsp3) is 0. The molecule has 0 N–H and O–H groups in total. The van der Waals surface area contributed by atoms with Crippen LogP contribution in [0.4, 0.5) is 0 Å². The summed E-state index contributed by atoms with van der Waals surface area (Å²) >= 11 is 0. The lowest BCUT2D eigenvalue weighted by molar-refractivity contribution is 0.751. The van der Waals surface area contributed by atoms with Gasteiger partial charge in [-0.25, -0.2) is 9.97 Å². The fourth-order valence-corrected chi connectivity index (χ4v) is 1.49. The van der Waals surface area contributed by atoms with E-state index in [1.54, 1.807) is 18.5 Å². The molecular formula is C11H8N6. The Bertz CT molecular complexity index is 550. The molecule has 2 heterocycles. The van der Waals surface area contributed by atoms with Gasteiger partial charge in [0, 0.05) is 18.0 Å². The quantitative estimate of drug-likeness (QED) is 0.652. The number of benzene rings is 1. The summed E-state index contributed by atoms with van der Waals surface area (Å²) in [5, 5.41) is 11.5. The molecule has 0 atom stereocenters. The van der Waals surface area contributed by atoms with Gasteiger partial charge in [-0.1, -0.05) is 30.3 Å². The van der Waals surface area contributed by atoms with Crippen molar-refractivity contribution in [3.63, 3.8) is 0 Å². The number of hydrogen-bond acceptors (Lipinski definition) is 5. The molecule has 0 saturated carbocycles. The zero-order valence-electron chi connectivity index (χ0n) is 8.80. The fourth-order valence-electron chi connectivity index (χ4n) is 1.49. The maximum absolute atomic E-state index is 4.12. The van der Waals surface area contributed by atoms with Gasteiger partial charge < -0.3 is 0 Å². The van der Waals surface area contributed by atoms with Crippen LogP contribution in [-0.4, -0.2) is 30.2 Å². The molecule has 1 aromatic carbocycles. The van der Waals surface area contributed by atoms with Crippen molar-refractivity contribution in [1.29, 1.82) is 0 Å². The molecule has 0 saturated heterocycles. The third-order valence-corrected chi connectivity index (χ3v) is 2.24. The number of rotatable bonds is 2. The molecule has 3 aromatic rings. The maximum atomic E-state index is 4.12. The topological polar surface area (TPSA) is 69.4 Å². The van der Waals surface area contributed by atoms with E-state index in [0.717, 1.165) is 5.56 Å². The molecule has 0 fully saturated rings. The molecule has 2 aromatic heterocycles. The summed E-state index contributed by atoms with van der Waals surface area (Å²) in [6.07, 6.45) is 3.30. The van der Waals surface area contributed by atoms with Crippen molar-refractivity contribution in [3.05, 3.63) is 48.8 Å². The van der Waals surface area contributed by atoms with Crippen LogP contribution in [0.15, 0.2) is 48.8 Å². The van der Waals surface area contributed by atoms with Crippen molar-refractivity contribution >= 4 is 0 Å². The third-order valence-electron chi connectivity index (χ3n) is 2.24. The molecule has 6 nitrogen and oxygen atoms in total. The molecule has 0 spiro atoms. The first-order valence-corrected chi connectivity index (χ1v) is 5.06. The Labute approximate surface area is 97.0 Å². The summed E-state index contributed by atoms with van der Waals surface area (Å²) in [5.41, 5.74) is 0.921. The van der Waals surface area contributed by atoms with Gasteiger partial charge in [0.05, 0.1) is 0 Å². The largest absolute Gasteiger partial charge is 0.253 e. The van der Waals surface area contributed by atoms with Crippen molar-refractivity contribution in [2.45, 2.75) is 0 Å². The summed E-state index contributed by atoms with van der Waals surface area (Å²) in [6.45, 7) is 0. The third kappa shape index (κ3) is 1.76. The van der Waals surface area contributed by atoms with Gasteiger partial charge in [0.1, 0.15) is 0 Å². The minimum atomic E-state index is 0.455. The summed E-state index contributed by atoms with van der Waals surface area (Å²) in [6, 6.07) is 11.4. The Morgan fingerprint density at radius 3 is 2.41 bits per heavy atom.